The van der Waals surface area contributed by atoms with Crippen molar-refractivity contribution in [3.63, 3.8) is 0 Å². The molecule has 3 N–H and O–H groups in total. The van der Waals surface area contributed by atoms with Crippen LogP contribution in [0.3, 0.4) is 0 Å². The molecule has 10 heteroatoms. The molecule has 0 spiro atoms. The molecule has 194 valence electrons. The third-order valence-electron chi connectivity index (χ3n) is 5.67. The molecule has 0 aliphatic rings. The second-order valence-corrected chi connectivity index (χ2v) is 8.72. The number of carbonyl (C=O) groups is 2. The molecule has 0 fully saturated rings. The molecular formula is C28H24ClFN4O4. The number of rotatable bonds is 9. The molecule has 2 heterocycles. The van der Waals surface area contributed by atoms with E-state index in [1.54, 1.807) is 30.3 Å². The zero-order valence-electron chi connectivity index (χ0n) is 20.4. The lowest BCUT2D eigenvalue weighted by Crippen LogP contribution is -2.31. The van der Waals surface area contributed by atoms with Gasteiger partial charge in [0, 0.05) is 48.6 Å². The van der Waals surface area contributed by atoms with Crippen molar-refractivity contribution in [2.75, 3.05) is 13.6 Å². The highest BCUT2D eigenvalue weighted by atomic mass is 35.5. The summed E-state index contributed by atoms with van der Waals surface area (Å²) in [5, 5.41) is 5.51. The number of pyridine rings is 2. The van der Waals surface area contributed by atoms with Crippen LogP contribution in [0.2, 0.25) is 5.02 Å². The van der Waals surface area contributed by atoms with Crippen LogP contribution in [-0.4, -0.2) is 35.4 Å². The minimum absolute atomic E-state index is 0.0462. The summed E-state index contributed by atoms with van der Waals surface area (Å²) in [7, 11) is 1.52. The number of carbonyl (C=O) groups excluding carboxylic acids is 2. The van der Waals surface area contributed by atoms with E-state index in [-0.39, 0.29) is 40.7 Å². The summed E-state index contributed by atoms with van der Waals surface area (Å²) in [6.45, 7) is 0.282. The molecule has 2 amide bonds. The first-order valence-electron chi connectivity index (χ1n) is 11.7. The normalized spacial score (nSPS) is 10.6. The van der Waals surface area contributed by atoms with Crippen LogP contribution in [0.15, 0.2) is 77.7 Å². The van der Waals surface area contributed by atoms with E-state index in [2.05, 4.69) is 20.6 Å². The second kappa shape index (κ2) is 12.2. The van der Waals surface area contributed by atoms with Crippen molar-refractivity contribution in [2.24, 2.45) is 0 Å². The van der Waals surface area contributed by atoms with E-state index in [1.807, 2.05) is 18.2 Å². The Morgan fingerprint density at radius 1 is 1.03 bits per heavy atom. The van der Waals surface area contributed by atoms with Crippen LogP contribution in [-0.2, 0) is 12.8 Å². The first-order valence-corrected chi connectivity index (χ1v) is 12.1. The van der Waals surface area contributed by atoms with Crippen LogP contribution in [0, 0.1) is 5.82 Å². The molecule has 4 rings (SSSR count). The van der Waals surface area contributed by atoms with E-state index in [0.29, 0.717) is 23.6 Å². The summed E-state index contributed by atoms with van der Waals surface area (Å²) in [5.41, 5.74) is 1.22. The van der Waals surface area contributed by atoms with Crippen molar-refractivity contribution < 1.29 is 18.7 Å². The maximum atomic E-state index is 14.1. The summed E-state index contributed by atoms with van der Waals surface area (Å²) in [6, 6.07) is 17.8. The van der Waals surface area contributed by atoms with Gasteiger partial charge < -0.3 is 20.4 Å². The number of amides is 2. The molecule has 8 nitrogen and oxygen atoms in total. The monoisotopic (exact) mass is 534 g/mol. The van der Waals surface area contributed by atoms with Gasteiger partial charge in [0.2, 0.25) is 0 Å². The highest BCUT2D eigenvalue weighted by Gasteiger charge is 2.13. The van der Waals surface area contributed by atoms with Crippen molar-refractivity contribution in [3.8, 4) is 11.5 Å². The third-order valence-corrected chi connectivity index (χ3v) is 6.02. The van der Waals surface area contributed by atoms with E-state index in [4.69, 9.17) is 16.3 Å². The van der Waals surface area contributed by atoms with Gasteiger partial charge in [-0.15, -0.1) is 0 Å². The lowest BCUT2D eigenvalue weighted by molar-refractivity contribution is 0.0946. The number of ether oxygens (including phenoxy) is 1. The van der Waals surface area contributed by atoms with Crippen molar-refractivity contribution in [1.29, 1.82) is 0 Å². The molecule has 0 atom stereocenters. The van der Waals surface area contributed by atoms with Crippen molar-refractivity contribution in [2.45, 2.75) is 12.8 Å². The number of aromatic nitrogens is 2. The average molecular weight is 535 g/mol. The van der Waals surface area contributed by atoms with Crippen LogP contribution in [0.5, 0.6) is 11.5 Å². The van der Waals surface area contributed by atoms with Crippen LogP contribution in [0.1, 0.15) is 37.7 Å². The molecule has 4 aromatic rings. The number of halogens is 2. The van der Waals surface area contributed by atoms with Crippen LogP contribution < -0.4 is 20.9 Å². The van der Waals surface area contributed by atoms with E-state index in [0.717, 1.165) is 5.56 Å². The van der Waals surface area contributed by atoms with Gasteiger partial charge in [0.25, 0.3) is 17.4 Å². The molecule has 0 saturated carbocycles. The summed E-state index contributed by atoms with van der Waals surface area (Å²) in [6.07, 6.45) is 2.07. The molecule has 0 bridgehead atoms. The molecule has 38 heavy (non-hydrogen) atoms. The Hall–Kier alpha value is -4.50. The fourth-order valence-electron chi connectivity index (χ4n) is 3.73. The van der Waals surface area contributed by atoms with Crippen LogP contribution in [0.4, 0.5) is 4.39 Å². The molecule has 0 aliphatic carbocycles. The Bertz CT molecular complexity index is 1520. The summed E-state index contributed by atoms with van der Waals surface area (Å²) >= 11 is 6.06. The topological polar surface area (TPSA) is 113 Å². The Kier molecular flexibility index (Phi) is 8.50. The van der Waals surface area contributed by atoms with Crippen LogP contribution in [0.25, 0.3) is 0 Å². The Morgan fingerprint density at radius 3 is 2.58 bits per heavy atom. The van der Waals surface area contributed by atoms with Gasteiger partial charge in [-0.1, -0.05) is 29.8 Å². The maximum Gasteiger partial charge on any atom is 0.269 e. The number of benzene rings is 2. The summed E-state index contributed by atoms with van der Waals surface area (Å²) < 4.78 is 19.9. The number of hydrogen-bond acceptors (Lipinski definition) is 5. The predicted octanol–water partition coefficient (Wildman–Crippen LogP) is 4.28. The zero-order chi connectivity index (χ0) is 27.1. The molecule has 0 radical (unpaired) electrons. The van der Waals surface area contributed by atoms with E-state index < -0.39 is 17.3 Å². The molecule has 2 aromatic heterocycles. The van der Waals surface area contributed by atoms with Crippen LogP contribution >= 0.6 is 11.6 Å². The number of H-pyrrole nitrogens is 1. The molecule has 0 unspecified atom stereocenters. The van der Waals surface area contributed by atoms with Gasteiger partial charge in [0.1, 0.15) is 28.6 Å². The highest BCUT2D eigenvalue weighted by molar-refractivity contribution is 6.31. The molecule has 2 aromatic carbocycles. The smallest absolute Gasteiger partial charge is 0.269 e. The van der Waals surface area contributed by atoms with Crippen molar-refractivity contribution >= 4 is 23.4 Å². The molecular weight excluding hydrogens is 511 g/mol. The standard InChI is InChI=1S/C28H24ClFN4O4/c1-31-28(37)25-16-20(11-13-32-25)38-19-5-2-4-17(14-19)10-12-33-26(35)21-9-8-18(34-27(21)36)15-22-23(29)6-3-7-24(22)30/h2-9,11,13-14,16H,10,12,15H2,1H3,(H,31,37)(H,33,35)(H,34,36). The Labute approximate surface area is 222 Å². The third kappa shape index (κ3) is 6.63. The van der Waals surface area contributed by atoms with Crippen molar-refractivity contribution in [1.82, 2.24) is 20.6 Å². The van der Waals surface area contributed by atoms with E-state index in [9.17, 15) is 18.8 Å². The van der Waals surface area contributed by atoms with E-state index in [1.165, 1.54) is 31.4 Å². The highest BCUT2D eigenvalue weighted by Crippen LogP contribution is 2.23. The van der Waals surface area contributed by atoms with Gasteiger partial charge in [-0.2, -0.15) is 0 Å². The first kappa shape index (κ1) is 26.6. The van der Waals surface area contributed by atoms with Gasteiger partial charge in [-0.25, -0.2) is 4.39 Å². The quantitative estimate of drug-likeness (QED) is 0.297. The number of hydrogen-bond donors (Lipinski definition) is 3. The predicted molar refractivity (Wildman–Crippen MR) is 141 cm³/mol. The largest absolute Gasteiger partial charge is 0.457 e. The lowest BCUT2D eigenvalue weighted by Gasteiger charge is -2.10. The summed E-state index contributed by atoms with van der Waals surface area (Å²) in [4.78, 5) is 43.5. The average Bonchev–Trinajstić information content (AvgIpc) is 2.91. The molecule has 0 aliphatic heterocycles. The summed E-state index contributed by atoms with van der Waals surface area (Å²) in [5.74, 6) is -0.284. The maximum absolute atomic E-state index is 14.1. The minimum Gasteiger partial charge on any atom is -0.457 e. The Morgan fingerprint density at radius 2 is 1.82 bits per heavy atom. The number of aromatic amines is 1. The fraction of sp³-hybridized carbons (Fsp3) is 0.143. The van der Waals surface area contributed by atoms with Gasteiger partial charge in [-0.05, 0) is 54.4 Å². The van der Waals surface area contributed by atoms with Gasteiger partial charge >= 0.3 is 0 Å². The van der Waals surface area contributed by atoms with Crippen molar-refractivity contribution in [3.05, 3.63) is 122 Å². The minimum atomic E-state index is -0.573. The zero-order valence-corrected chi connectivity index (χ0v) is 21.1. The first-order chi connectivity index (χ1) is 18.3. The number of nitrogens with one attached hydrogen (secondary N) is 3. The SMILES string of the molecule is CNC(=O)c1cc(Oc2cccc(CCNC(=O)c3ccc(Cc4c(F)cccc4Cl)[nH]c3=O)c2)ccn1. The second-order valence-electron chi connectivity index (χ2n) is 8.31. The molecule has 0 saturated heterocycles. The lowest BCUT2D eigenvalue weighted by atomic mass is 10.1. The van der Waals surface area contributed by atoms with Gasteiger partial charge in [0.05, 0.1) is 0 Å². The van der Waals surface area contributed by atoms with Gasteiger partial charge in [0.15, 0.2) is 0 Å². The van der Waals surface area contributed by atoms with Gasteiger partial charge in [-0.3, -0.25) is 19.4 Å². The van der Waals surface area contributed by atoms with E-state index >= 15 is 0 Å². The fourth-order valence-corrected chi connectivity index (χ4v) is 3.96. The Balaban J connectivity index is 1.34. The number of nitrogens with zero attached hydrogens (tertiary/aromatic N) is 1.